The van der Waals surface area contributed by atoms with Crippen LogP contribution in [0.1, 0.15) is 6.42 Å². The van der Waals surface area contributed by atoms with Crippen LogP contribution in [0.4, 0.5) is 0 Å². The second kappa shape index (κ2) is 6.63. The fraction of sp³-hybridized carbons (Fsp3) is 0.667. The molecule has 102 valence electrons. The Bertz CT molecular complexity index is 310. The molecule has 0 aromatic rings. The number of hydrogen-bond acceptors (Lipinski definition) is 0. The molecule has 1 aliphatic rings. The molecule has 0 radical (unpaired) electrons. The third-order valence-corrected chi connectivity index (χ3v) is 9.93. The van der Waals surface area contributed by atoms with Gasteiger partial charge in [0.15, 0.2) is 0 Å². The maximum absolute atomic E-state index is 2.54. The van der Waals surface area contributed by atoms with Crippen molar-refractivity contribution in [1.82, 2.24) is 0 Å². The van der Waals surface area contributed by atoms with Crippen molar-refractivity contribution in [2.45, 2.75) is 47.0 Å². The van der Waals surface area contributed by atoms with Crippen molar-refractivity contribution in [2.75, 3.05) is 0 Å². The van der Waals surface area contributed by atoms with E-state index in [1.165, 1.54) is 6.42 Å². The van der Waals surface area contributed by atoms with Gasteiger partial charge < -0.3 is 37.2 Å². The van der Waals surface area contributed by atoms with E-state index >= 15 is 0 Å². The molecule has 1 aliphatic carbocycles. The molecule has 0 nitrogen and oxygen atoms in total. The van der Waals surface area contributed by atoms with E-state index in [1.807, 2.05) is 3.88 Å². The molecule has 1 rings (SSSR count). The van der Waals surface area contributed by atoms with Crippen molar-refractivity contribution in [1.29, 1.82) is 0 Å². The summed E-state index contributed by atoms with van der Waals surface area (Å²) < 4.78 is 1.85. The van der Waals surface area contributed by atoms with Crippen LogP contribution >= 0.6 is 0 Å². The van der Waals surface area contributed by atoms with E-state index in [9.17, 15) is 0 Å². The van der Waals surface area contributed by atoms with Gasteiger partial charge in [-0.1, -0.05) is 0 Å². The van der Waals surface area contributed by atoms with Crippen LogP contribution in [0.15, 0.2) is 21.2 Å². The van der Waals surface area contributed by atoms with Gasteiger partial charge in [0.2, 0.25) is 0 Å². The topological polar surface area (TPSA) is 0 Å². The first-order chi connectivity index (χ1) is 5.99. The van der Waals surface area contributed by atoms with Crippen LogP contribution in [-0.4, -0.2) is 8.07 Å². The molecule has 0 fully saturated rings. The molecule has 0 N–H and O–H groups in total. The zero-order chi connectivity index (χ0) is 11.2. The van der Waals surface area contributed by atoms with Crippen LogP contribution in [0.5, 0.6) is 0 Å². The minimum Gasteiger partial charge on any atom is -1.00 e. The Morgan fingerprint density at radius 1 is 0.941 bits per heavy atom. The molecule has 0 unspecified atom stereocenters. The Kier molecular flexibility index (Phi) is 9.12. The van der Waals surface area contributed by atoms with Gasteiger partial charge in [-0.25, -0.2) is 0 Å². The van der Waals surface area contributed by atoms with Crippen molar-refractivity contribution in [3.63, 3.8) is 0 Å². The average Bonchev–Trinajstić information content (AvgIpc) is 2.25. The Morgan fingerprint density at radius 2 is 1.35 bits per heavy atom. The molecule has 0 heterocycles. The summed E-state index contributed by atoms with van der Waals surface area (Å²) in [5.74, 6) is 0. The molecule has 0 spiro atoms. The maximum atomic E-state index is 2.54. The predicted octanol–water partition coefficient (Wildman–Crippen LogP) is -4.03. The molecule has 0 amide bonds. The molecule has 0 saturated carbocycles. The van der Waals surface area contributed by atoms with Gasteiger partial charge in [-0.05, 0) is 0 Å². The van der Waals surface area contributed by atoms with E-state index in [-0.39, 0.29) is 37.2 Å². The molecule has 0 bridgehead atoms. The van der Waals surface area contributed by atoms with Gasteiger partial charge in [0.1, 0.15) is 0 Å². The van der Waals surface area contributed by atoms with Crippen LogP contribution in [0.2, 0.25) is 40.6 Å². The zero-order valence-electron chi connectivity index (χ0n) is 12.0. The third kappa shape index (κ3) is 6.31. The van der Waals surface area contributed by atoms with Crippen LogP contribution in [0, 0.1) is 0 Å². The number of allylic oxidation sites excluding steroid dienone is 4. The summed E-state index contributed by atoms with van der Waals surface area (Å²) >= 11 is -2.19. The van der Waals surface area contributed by atoms with Gasteiger partial charge in [-0.2, -0.15) is 0 Å². The summed E-state index contributed by atoms with van der Waals surface area (Å²) in [7, 11) is -1.10. The van der Waals surface area contributed by atoms with Gasteiger partial charge in [0, 0.05) is 0 Å². The van der Waals surface area contributed by atoms with Gasteiger partial charge in [-0.15, -0.1) is 0 Å². The van der Waals surface area contributed by atoms with Crippen LogP contribution in [0.25, 0.3) is 0 Å². The Balaban J connectivity index is -0.000000653. The molecule has 0 aromatic heterocycles. The molecule has 0 saturated heterocycles. The van der Waals surface area contributed by atoms with Crippen molar-refractivity contribution in [3.05, 3.63) is 21.2 Å². The summed E-state index contributed by atoms with van der Waals surface area (Å²) in [5, 5.41) is 11.9. The molecular formula is C12H25Cl3SiTi. The average molecular weight is 352 g/mol. The van der Waals surface area contributed by atoms with Crippen LogP contribution in [0.3, 0.4) is 0 Å². The SMILES string of the molecule is C[Si](C)(C)C1=[C]([Ti+3]([CH3])([CH3])([CH3])[CH3])CC=C1.[Cl-].[Cl-].[Cl-]. The van der Waals surface area contributed by atoms with Crippen molar-refractivity contribution < 1.29 is 52.5 Å². The molecule has 0 aliphatic heterocycles. The number of hydrogen-bond donors (Lipinski definition) is 0. The Labute approximate surface area is 128 Å². The maximum Gasteiger partial charge on any atom is -1.00 e. The minimum atomic E-state index is -2.19. The van der Waals surface area contributed by atoms with Crippen LogP contribution in [-0.2, 0) is 15.3 Å². The fourth-order valence-electron chi connectivity index (χ4n) is 2.15. The zero-order valence-corrected chi connectivity index (χ0v) is 16.8. The molecule has 0 atom stereocenters. The molecule has 17 heavy (non-hydrogen) atoms. The Hall–Kier alpha value is 1.28. The van der Waals surface area contributed by atoms with Gasteiger partial charge in [0.25, 0.3) is 0 Å². The van der Waals surface area contributed by atoms with Crippen molar-refractivity contribution in [2.24, 2.45) is 0 Å². The second-order valence-corrected chi connectivity index (χ2v) is 26.2. The summed E-state index contributed by atoms with van der Waals surface area (Å²) in [4.78, 5) is 0. The number of halogens is 3. The van der Waals surface area contributed by atoms with Crippen molar-refractivity contribution >= 4 is 8.07 Å². The van der Waals surface area contributed by atoms with E-state index < -0.39 is 23.4 Å². The van der Waals surface area contributed by atoms with E-state index in [0.717, 1.165) is 0 Å². The number of rotatable bonds is 2. The fourth-order valence-corrected chi connectivity index (χ4v) is 10.9. The van der Waals surface area contributed by atoms with Crippen molar-refractivity contribution in [3.8, 4) is 0 Å². The van der Waals surface area contributed by atoms with E-state index in [4.69, 9.17) is 0 Å². The minimum absolute atomic E-state index is 0. The smallest absolute Gasteiger partial charge is 1.00 e. The molecule has 5 heteroatoms. The third-order valence-electron chi connectivity index (χ3n) is 2.95. The van der Waals surface area contributed by atoms with E-state index in [0.29, 0.717) is 0 Å². The Morgan fingerprint density at radius 3 is 1.59 bits per heavy atom. The van der Waals surface area contributed by atoms with Crippen LogP contribution < -0.4 is 37.2 Å². The second-order valence-electron chi connectivity index (χ2n) is 7.75. The summed E-state index contributed by atoms with van der Waals surface area (Å²) in [5.41, 5.74) is 0. The molecular weight excluding hydrogens is 326 g/mol. The van der Waals surface area contributed by atoms with E-state index in [2.05, 4.69) is 52.7 Å². The van der Waals surface area contributed by atoms with Gasteiger partial charge in [0.05, 0.1) is 0 Å². The summed E-state index contributed by atoms with van der Waals surface area (Å²) in [6.45, 7) is 7.40. The molecule has 0 aromatic carbocycles. The first kappa shape index (κ1) is 23.4. The normalized spacial score (nSPS) is 14.5. The van der Waals surface area contributed by atoms with E-state index in [1.54, 1.807) is 5.20 Å². The van der Waals surface area contributed by atoms with Gasteiger partial charge >= 0.3 is 91.6 Å². The first-order valence-electron chi connectivity index (χ1n) is 5.63. The monoisotopic (exact) mass is 350 g/mol. The summed E-state index contributed by atoms with van der Waals surface area (Å²) in [6, 6.07) is 0. The summed E-state index contributed by atoms with van der Waals surface area (Å²) in [6.07, 6.45) is 6.05. The standard InChI is InChI=1S/C8H13Si.4CH3.3ClH.Ti/c1-9(2,3)8-6-4-5-7-8;;;;;;;;/h4,6H,5H2,1-3H3;4*1H3;3*1H;/q;;;;;;;;+3/p-3. The first-order valence-corrected chi connectivity index (χ1v) is 16.2. The quantitative estimate of drug-likeness (QED) is 0.445. The largest absolute Gasteiger partial charge is 1.00 e. The predicted molar refractivity (Wildman–Crippen MR) is 67.6 cm³/mol. The van der Waals surface area contributed by atoms with Gasteiger partial charge in [-0.3, -0.25) is 0 Å².